The van der Waals surface area contributed by atoms with Gasteiger partial charge in [0.05, 0.1) is 16.1 Å². The van der Waals surface area contributed by atoms with Crippen molar-refractivity contribution in [2.75, 3.05) is 5.32 Å². The van der Waals surface area contributed by atoms with Gasteiger partial charge in [-0.25, -0.2) is 0 Å². The third-order valence-electron chi connectivity index (χ3n) is 2.09. The zero-order chi connectivity index (χ0) is 10.6. The number of pyridine rings is 1. The van der Waals surface area contributed by atoms with Crippen LogP contribution in [0.3, 0.4) is 0 Å². The van der Waals surface area contributed by atoms with E-state index in [0.29, 0.717) is 5.02 Å². The Kier molecular flexibility index (Phi) is 4.49. The topological polar surface area (TPSA) is 24.9 Å². The molecule has 0 saturated heterocycles. The fourth-order valence-corrected chi connectivity index (χ4v) is 1.42. The lowest BCUT2D eigenvalue weighted by atomic mass is 10.2. The lowest BCUT2D eigenvalue weighted by Gasteiger charge is -2.19. The Morgan fingerprint density at radius 2 is 2.29 bits per heavy atom. The molecule has 0 aromatic carbocycles. The van der Waals surface area contributed by atoms with Crippen LogP contribution in [-0.4, -0.2) is 16.4 Å². The van der Waals surface area contributed by atoms with Crippen LogP contribution < -0.4 is 5.32 Å². The third-order valence-corrected chi connectivity index (χ3v) is 3.08. The quantitative estimate of drug-likeness (QED) is 0.804. The second kappa shape index (κ2) is 5.42. The molecule has 0 bridgehead atoms. The first kappa shape index (κ1) is 11.6. The highest BCUT2D eigenvalue weighted by atomic mass is 35.5. The van der Waals surface area contributed by atoms with E-state index in [4.69, 9.17) is 23.2 Å². The molecule has 2 unspecified atom stereocenters. The van der Waals surface area contributed by atoms with Gasteiger partial charge >= 0.3 is 0 Å². The number of hydrogen-bond acceptors (Lipinski definition) is 2. The van der Waals surface area contributed by atoms with E-state index >= 15 is 0 Å². The minimum absolute atomic E-state index is 0.110. The van der Waals surface area contributed by atoms with Gasteiger partial charge in [-0.1, -0.05) is 18.5 Å². The highest BCUT2D eigenvalue weighted by Crippen LogP contribution is 2.21. The van der Waals surface area contributed by atoms with Crippen LogP contribution in [-0.2, 0) is 0 Å². The van der Waals surface area contributed by atoms with Crippen molar-refractivity contribution in [3.63, 3.8) is 0 Å². The van der Waals surface area contributed by atoms with E-state index in [1.165, 1.54) is 0 Å². The predicted octanol–water partition coefficient (Wildman–Crippen LogP) is 3.55. The molecule has 78 valence electrons. The number of alkyl halides is 1. The van der Waals surface area contributed by atoms with Crippen molar-refractivity contribution < 1.29 is 0 Å². The molecule has 0 aliphatic carbocycles. The first-order valence-corrected chi connectivity index (χ1v) is 5.46. The minimum atomic E-state index is 0.110. The van der Waals surface area contributed by atoms with Crippen molar-refractivity contribution in [2.45, 2.75) is 31.7 Å². The maximum atomic E-state index is 6.10. The van der Waals surface area contributed by atoms with Crippen molar-refractivity contribution >= 4 is 28.9 Å². The van der Waals surface area contributed by atoms with Gasteiger partial charge in [0.2, 0.25) is 0 Å². The molecular weight excluding hydrogens is 219 g/mol. The Labute approximate surface area is 94.6 Å². The summed E-state index contributed by atoms with van der Waals surface area (Å²) in [5.41, 5.74) is 0.883. The maximum absolute atomic E-state index is 6.10. The predicted molar refractivity (Wildman–Crippen MR) is 62.3 cm³/mol. The van der Waals surface area contributed by atoms with Gasteiger partial charge in [-0.15, -0.1) is 11.6 Å². The van der Waals surface area contributed by atoms with E-state index in [9.17, 15) is 0 Å². The molecule has 1 aromatic heterocycles. The van der Waals surface area contributed by atoms with E-state index in [-0.39, 0.29) is 11.4 Å². The van der Waals surface area contributed by atoms with E-state index in [0.717, 1.165) is 12.1 Å². The average molecular weight is 233 g/mol. The third kappa shape index (κ3) is 3.03. The standard InChI is InChI=1S/C10H14Cl2N2/c1-3-8(11)7(2)14-10-4-5-13-6-9(10)12/h4-8H,3H2,1-2H3,(H,13,14). The van der Waals surface area contributed by atoms with Crippen molar-refractivity contribution in [1.82, 2.24) is 4.98 Å². The number of nitrogens with zero attached hydrogens (tertiary/aromatic N) is 1. The van der Waals surface area contributed by atoms with Gasteiger partial charge in [-0.3, -0.25) is 4.98 Å². The van der Waals surface area contributed by atoms with Gasteiger partial charge in [0.25, 0.3) is 0 Å². The van der Waals surface area contributed by atoms with Crippen molar-refractivity contribution in [1.29, 1.82) is 0 Å². The maximum Gasteiger partial charge on any atom is 0.0820 e. The molecule has 1 heterocycles. The summed E-state index contributed by atoms with van der Waals surface area (Å²) in [4.78, 5) is 3.91. The van der Waals surface area contributed by atoms with Gasteiger partial charge < -0.3 is 5.32 Å². The Balaban J connectivity index is 2.64. The molecule has 4 heteroatoms. The molecule has 0 fully saturated rings. The van der Waals surface area contributed by atoms with Gasteiger partial charge in [0.1, 0.15) is 0 Å². The normalized spacial score (nSPS) is 14.9. The molecule has 0 aliphatic rings. The zero-order valence-corrected chi connectivity index (χ0v) is 9.81. The number of anilines is 1. The van der Waals surface area contributed by atoms with Crippen LogP contribution in [0.1, 0.15) is 20.3 Å². The highest BCUT2D eigenvalue weighted by Gasteiger charge is 2.12. The van der Waals surface area contributed by atoms with Crippen LogP contribution >= 0.6 is 23.2 Å². The molecular formula is C10H14Cl2N2. The van der Waals surface area contributed by atoms with E-state index in [1.807, 2.05) is 13.0 Å². The van der Waals surface area contributed by atoms with Crippen LogP contribution in [0, 0.1) is 0 Å². The summed E-state index contributed by atoms with van der Waals surface area (Å²) in [6.45, 7) is 4.10. The fourth-order valence-electron chi connectivity index (χ4n) is 1.18. The number of hydrogen-bond donors (Lipinski definition) is 1. The first-order valence-electron chi connectivity index (χ1n) is 4.65. The molecule has 14 heavy (non-hydrogen) atoms. The fraction of sp³-hybridized carbons (Fsp3) is 0.500. The minimum Gasteiger partial charge on any atom is -0.380 e. The van der Waals surface area contributed by atoms with Crippen molar-refractivity contribution in [2.24, 2.45) is 0 Å². The average Bonchev–Trinajstić information content (AvgIpc) is 2.20. The summed E-state index contributed by atoms with van der Waals surface area (Å²) >= 11 is 12.0. The molecule has 1 rings (SSSR count). The number of rotatable bonds is 4. The Morgan fingerprint density at radius 3 is 2.86 bits per heavy atom. The number of halogens is 2. The van der Waals surface area contributed by atoms with Crippen LogP contribution in [0.2, 0.25) is 5.02 Å². The SMILES string of the molecule is CCC(Cl)C(C)Nc1ccncc1Cl. The van der Waals surface area contributed by atoms with Crippen LogP contribution in [0.15, 0.2) is 18.5 Å². The smallest absolute Gasteiger partial charge is 0.0820 e. The highest BCUT2D eigenvalue weighted by molar-refractivity contribution is 6.33. The van der Waals surface area contributed by atoms with Gasteiger partial charge in [-0.2, -0.15) is 0 Å². The largest absolute Gasteiger partial charge is 0.380 e. The molecule has 0 amide bonds. The molecule has 1 N–H and O–H groups in total. The van der Waals surface area contributed by atoms with Gasteiger partial charge in [0, 0.05) is 18.4 Å². The van der Waals surface area contributed by atoms with Crippen LogP contribution in [0.5, 0.6) is 0 Å². The summed E-state index contributed by atoms with van der Waals surface area (Å²) in [7, 11) is 0. The molecule has 0 spiro atoms. The summed E-state index contributed by atoms with van der Waals surface area (Å²) in [5.74, 6) is 0. The first-order chi connectivity index (χ1) is 6.65. The summed E-state index contributed by atoms with van der Waals surface area (Å²) in [6, 6.07) is 2.04. The lowest BCUT2D eigenvalue weighted by Crippen LogP contribution is -2.25. The van der Waals surface area contributed by atoms with Crippen molar-refractivity contribution in [3.05, 3.63) is 23.5 Å². The Morgan fingerprint density at radius 1 is 1.57 bits per heavy atom. The van der Waals surface area contributed by atoms with E-state index < -0.39 is 0 Å². The van der Waals surface area contributed by atoms with E-state index in [1.54, 1.807) is 12.4 Å². The summed E-state index contributed by atoms with van der Waals surface area (Å²) in [5, 5.41) is 3.99. The van der Waals surface area contributed by atoms with Crippen LogP contribution in [0.25, 0.3) is 0 Å². The number of nitrogens with one attached hydrogen (secondary N) is 1. The molecule has 0 aliphatic heterocycles. The summed E-state index contributed by atoms with van der Waals surface area (Å²) < 4.78 is 0. The second-order valence-electron chi connectivity index (χ2n) is 3.21. The van der Waals surface area contributed by atoms with Crippen molar-refractivity contribution in [3.8, 4) is 0 Å². The molecule has 2 atom stereocenters. The van der Waals surface area contributed by atoms with Gasteiger partial charge in [0.15, 0.2) is 0 Å². The van der Waals surface area contributed by atoms with Gasteiger partial charge in [-0.05, 0) is 19.4 Å². The lowest BCUT2D eigenvalue weighted by molar-refractivity contribution is 0.700. The molecule has 2 nitrogen and oxygen atoms in total. The second-order valence-corrected chi connectivity index (χ2v) is 4.18. The number of aromatic nitrogens is 1. The Bertz CT molecular complexity index is 291. The molecule has 0 saturated carbocycles. The monoisotopic (exact) mass is 232 g/mol. The summed E-state index contributed by atoms with van der Waals surface area (Å²) in [6.07, 6.45) is 4.25. The Hall–Kier alpha value is -0.470. The molecule has 1 aromatic rings. The van der Waals surface area contributed by atoms with Crippen LogP contribution in [0.4, 0.5) is 5.69 Å². The molecule has 0 radical (unpaired) electrons. The zero-order valence-electron chi connectivity index (χ0n) is 8.30. The van der Waals surface area contributed by atoms with E-state index in [2.05, 4.69) is 17.2 Å².